The number of carboxylic acid groups (broad SMARTS) is 1. The molecule has 0 heterocycles. The van der Waals surface area contributed by atoms with E-state index in [-0.39, 0.29) is 5.75 Å². The first-order valence-electron chi connectivity index (χ1n) is 6.83. The summed E-state index contributed by atoms with van der Waals surface area (Å²) in [5, 5.41) is 18.8. The van der Waals surface area contributed by atoms with Crippen LogP contribution in [0.2, 0.25) is 0 Å². The number of hydrogen-bond donors (Lipinski definition) is 2. The van der Waals surface area contributed by atoms with E-state index < -0.39 is 12.0 Å². The molecule has 0 amide bonds. The van der Waals surface area contributed by atoms with Crippen molar-refractivity contribution in [1.29, 1.82) is 0 Å². The van der Waals surface area contributed by atoms with Crippen molar-refractivity contribution in [3.63, 3.8) is 0 Å². The van der Waals surface area contributed by atoms with Crippen LogP contribution in [0, 0.1) is 0 Å². The number of phenolic OH excluding ortho intramolecular Hbond substituents is 1. The van der Waals surface area contributed by atoms with Gasteiger partial charge in [0.2, 0.25) is 0 Å². The van der Waals surface area contributed by atoms with Crippen LogP contribution >= 0.6 is 0 Å². The van der Waals surface area contributed by atoms with Gasteiger partial charge >= 0.3 is 5.97 Å². The third-order valence-corrected chi connectivity index (χ3v) is 4.00. The van der Waals surface area contributed by atoms with Gasteiger partial charge in [-0.3, -0.25) is 9.69 Å². The fourth-order valence-corrected chi connectivity index (χ4v) is 2.91. The molecule has 1 aromatic rings. The lowest BCUT2D eigenvalue weighted by Gasteiger charge is -2.35. The van der Waals surface area contributed by atoms with E-state index in [1.165, 1.54) is 19.3 Å². The van der Waals surface area contributed by atoms with Crippen molar-refractivity contribution in [2.75, 3.05) is 7.05 Å². The highest BCUT2D eigenvalue weighted by atomic mass is 16.4. The second-order valence-electron chi connectivity index (χ2n) is 5.29. The van der Waals surface area contributed by atoms with E-state index in [1.807, 2.05) is 11.9 Å². The summed E-state index contributed by atoms with van der Waals surface area (Å²) in [6.07, 6.45) is 5.74. The van der Waals surface area contributed by atoms with Gasteiger partial charge in [0.25, 0.3) is 0 Å². The number of likely N-dealkylation sites (N-methyl/N-ethyl adjacent to an activating group) is 1. The molecule has 1 fully saturated rings. The van der Waals surface area contributed by atoms with Crippen molar-refractivity contribution in [3.8, 4) is 5.75 Å². The second-order valence-corrected chi connectivity index (χ2v) is 5.29. The molecule has 1 aromatic carbocycles. The number of aliphatic carboxylic acids is 1. The maximum Gasteiger partial charge on any atom is 0.325 e. The maximum absolute atomic E-state index is 11.6. The van der Waals surface area contributed by atoms with Crippen LogP contribution < -0.4 is 0 Å². The average Bonchev–Trinajstić information content (AvgIpc) is 2.42. The molecule has 0 radical (unpaired) electrons. The van der Waals surface area contributed by atoms with E-state index in [1.54, 1.807) is 24.3 Å². The second kappa shape index (κ2) is 6.06. The van der Waals surface area contributed by atoms with Gasteiger partial charge in [0.1, 0.15) is 11.8 Å². The Bertz CT molecular complexity index is 424. The molecule has 0 spiro atoms. The zero-order valence-corrected chi connectivity index (χ0v) is 11.2. The summed E-state index contributed by atoms with van der Waals surface area (Å²) in [4.78, 5) is 13.5. The van der Waals surface area contributed by atoms with Gasteiger partial charge in [-0.15, -0.1) is 0 Å². The molecule has 19 heavy (non-hydrogen) atoms. The van der Waals surface area contributed by atoms with Gasteiger partial charge in [0.15, 0.2) is 0 Å². The van der Waals surface area contributed by atoms with Gasteiger partial charge < -0.3 is 10.2 Å². The number of benzene rings is 1. The summed E-state index contributed by atoms with van der Waals surface area (Å²) in [5.41, 5.74) is 0.721. The van der Waals surface area contributed by atoms with Crippen LogP contribution in [0.4, 0.5) is 0 Å². The van der Waals surface area contributed by atoms with E-state index in [4.69, 9.17) is 0 Å². The molecule has 1 atom stereocenters. The van der Waals surface area contributed by atoms with Crippen molar-refractivity contribution in [3.05, 3.63) is 29.8 Å². The predicted octanol–water partition coefficient (Wildman–Crippen LogP) is 2.78. The van der Waals surface area contributed by atoms with Crippen LogP contribution in [-0.2, 0) is 4.79 Å². The van der Waals surface area contributed by atoms with Crippen molar-refractivity contribution >= 4 is 5.97 Å². The first-order valence-corrected chi connectivity index (χ1v) is 6.83. The molecule has 1 unspecified atom stereocenters. The lowest BCUT2D eigenvalue weighted by Crippen LogP contribution is -2.40. The van der Waals surface area contributed by atoms with E-state index in [0.29, 0.717) is 6.04 Å². The molecule has 1 aliphatic rings. The number of carbonyl (C=O) groups is 1. The molecule has 2 rings (SSSR count). The Balaban J connectivity index is 2.19. The third-order valence-electron chi connectivity index (χ3n) is 4.00. The van der Waals surface area contributed by atoms with Gasteiger partial charge in [0, 0.05) is 6.04 Å². The Morgan fingerprint density at radius 1 is 1.21 bits per heavy atom. The Kier molecular flexibility index (Phi) is 4.43. The lowest BCUT2D eigenvalue weighted by atomic mass is 9.92. The zero-order valence-electron chi connectivity index (χ0n) is 11.2. The summed E-state index contributed by atoms with van der Waals surface area (Å²) < 4.78 is 0. The molecule has 0 saturated heterocycles. The van der Waals surface area contributed by atoms with Gasteiger partial charge in [-0.05, 0) is 37.6 Å². The Labute approximate surface area is 113 Å². The highest BCUT2D eigenvalue weighted by molar-refractivity contribution is 5.75. The lowest BCUT2D eigenvalue weighted by molar-refractivity contribution is -0.144. The van der Waals surface area contributed by atoms with Crippen molar-refractivity contribution in [2.24, 2.45) is 0 Å². The van der Waals surface area contributed by atoms with E-state index in [9.17, 15) is 15.0 Å². The minimum Gasteiger partial charge on any atom is -0.508 e. The van der Waals surface area contributed by atoms with Crippen molar-refractivity contribution in [2.45, 2.75) is 44.2 Å². The van der Waals surface area contributed by atoms with Gasteiger partial charge in [0.05, 0.1) is 0 Å². The SMILES string of the molecule is CN(C1CCCCC1)C(C(=O)O)c1ccc(O)cc1. The molecule has 1 saturated carbocycles. The minimum absolute atomic E-state index is 0.160. The van der Waals surface area contributed by atoms with E-state index in [0.717, 1.165) is 18.4 Å². The van der Waals surface area contributed by atoms with Crippen LogP contribution in [0.3, 0.4) is 0 Å². The quantitative estimate of drug-likeness (QED) is 0.877. The molecule has 0 aromatic heterocycles. The highest BCUT2D eigenvalue weighted by Gasteiger charge is 2.30. The van der Waals surface area contributed by atoms with Crippen LogP contribution in [-0.4, -0.2) is 34.2 Å². The standard InChI is InChI=1S/C15H21NO3/c1-16(12-5-3-2-4-6-12)14(15(18)19)11-7-9-13(17)10-8-11/h7-10,12,14,17H,2-6H2,1H3,(H,18,19). The number of carboxylic acids is 1. The van der Waals surface area contributed by atoms with Crippen molar-refractivity contribution in [1.82, 2.24) is 4.90 Å². The van der Waals surface area contributed by atoms with E-state index in [2.05, 4.69) is 0 Å². The van der Waals surface area contributed by atoms with Gasteiger partial charge in [-0.1, -0.05) is 31.4 Å². The molecule has 4 heteroatoms. The normalized spacial score (nSPS) is 18.4. The number of hydrogen-bond acceptors (Lipinski definition) is 3. The molecule has 0 aliphatic heterocycles. The summed E-state index contributed by atoms with van der Waals surface area (Å²) in [6.45, 7) is 0. The van der Waals surface area contributed by atoms with Crippen LogP contribution in [0.5, 0.6) is 5.75 Å². The smallest absolute Gasteiger partial charge is 0.325 e. The fraction of sp³-hybridized carbons (Fsp3) is 0.533. The first kappa shape index (κ1) is 13.9. The number of rotatable bonds is 4. The minimum atomic E-state index is -0.834. The molecular weight excluding hydrogens is 242 g/mol. The highest BCUT2D eigenvalue weighted by Crippen LogP contribution is 2.29. The van der Waals surface area contributed by atoms with Crippen LogP contribution in [0.15, 0.2) is 24.3 Å². The summed E-state index contributed by atoms with van der Waals surface area (Å²) in [5.74, 6) is -0.674. The zero-order chi connectivity index (χ0) is 13.8. The maximum atomic E-state index is 11.6. The number of aromatic hydroxyl groups is 1. The Morgan fingerprint density at radius 3 is 2.32 bits per heavy atom. The molecule has 0 bridgehead atoms. The van der Waals surface area contributed by atoms with Gasteiger partial charge in [-0.2, -0.15) is 0 Å². The van der Waals surface area contributed by atoms with Crippen molar-refractivity contribution < 1.29 is 15.0 Å². The molecule has 2 N–H and O–H groups in total. The Morgan fingerprint density at radius 2 is 1.79 bits per heavy atom. The van der Waals surface area contributed by atoms with Crippen LogP contribution in [0.1, 0.15) is 43.7 Å². The summed E-state index contributed by atoms with van der Waals surface area (Å²) in [7, 11) is 1.89. The molecule has 4 nitrogen and oxygen atoms in total. The predicted molar refractivity (Wildman–Crippen MR) is 73.1 cm³/mol. The first-order chi connectivity index (χ1) is 9.09. The van der Waals surface area contributed by atoms with Gasteiger partial charge in [-0.25, -0.2) is 0 Å². The topological polar surface area (TPSA) is 60.8 Å². The summed E-state index contributed by atoms with van der Waals surface area (Å²) in [6, 6.07) is 6.16. The number of nitrogens with zero attached hydrogens (tertiary/aromatic N) is 1. The third kappa shape index (κ3) is 3.26. The fourth-order valence-electron chi connectivity index (χ4n) is 2.91. The molecule has 1 aliphatic carbocycles. The average molecular weight is 263 g/mol. The van der Waals surface area contributed by atoms with E-state index >= 15 is 0 Å². The molecular formula is C15H21NO3. The monoisotopic (exact) mass is 263 g/mol. The summed E-state index contributed by atoms with van der Waals surface area (Å²) >= 11 is 0. The molecule has 104 valence electrons. The van der Waals surface area contributed by atoms with Crippen LogP contribution in [0.25, 0.3) is 0 Å². The Hall–Kier alpha value is -1.55. The number of phenols is 1. The largest absolute Gasteiger partial charge is 0.508 e.